The number of hydrogen-bond acceptors (Lipinski definition) is 2. The van der Waals surface area contributed by atoms with Gasteiger partial charge < -0.3 is 4.90 Å². The van der Waals surface area contributed by atoms with Crippen LogP contribution in [0.25, 0.3) is 0 Å². The van der Waals surface area contributed by atoms with Gasteiger partial charge >= 0.3 is 0 Å². The molecule has 2 fully saturated rings. The van der Waals surface area contributed by atoms with Gasteiger partial charge in [0, 0.05) is 18.6 Å². The minimum atomic E-state index is 0.310. The van der Waals surface area contributed by atoms with E-state index in [9.17, 15) is 4.79 Å². The molecule has 2 aliphatic rings. The number of carbonyl (C=O) groups is 1. The van der Waals surface area contributed by atoms with Crippen molar-refractivity contribution >= 4 is 5.91 Å². The van der Waals surface area contributed by atoms with E-state index in [2.05, 4.69) is 28.9 Å². The Labute approximate surface area is 121 Å². The Morgan fingerprint density at radius 2 is 1.75 bits per heavy atom. The van der Waals surface area contributed by atoms with Crippen molar-refractivity contribution in [2.45, 2.75) is 51.2 Å². The molecular formula is C17H24N2O. The second-order valence-electron chi connectivity index (χ2n) is 6.03. The Morgan fingerprint density at radius 3 is 2.30 bits per heavy atom. The van der Waals surface area contributed by atoms with Crippen molar-refractivity contribution in [3.8, 4) is 0 Å². The molecule has 0 unspecified atom stereocenters. The minimum absolute atomic E-state index is 0.310. The standard InChI is InChI=1S/C17H24N2O/c1-2-18(15-8-9-15)13-17(20)19(16-10-11-16)12-14-6-4-3-5-7-14/h3-7,15-16H,2,8-13H2,1H3. The smallest absolute Gasteiger partial charge is 0.237 e. The van der Waals surface area contributed by atoms with Gasteiger partial charge in [0.15, 0.2) is 0 Å². The van der Waals surface area contributed by atoms with Gasteiger partial charge in [-0.3, -0.25) is 9.69 Å². The predicted molar refractivity (Wildman–Crippen MR) is 80.3 cm³/mol. The lowest BCUT2D eigenvalue weighted by Gasteiger charge is -2.27. The average Bonchev–Trinajstić information content (AvgIpc) is 3.35. The molecule has 1 amide bonds. The summed E-state index contributed by atoms with van der Waals surface area (Å²) in [5, 5.41) is 0. The normalized spacial score (nSPS) is 18.3. The van der Waals surface area contributed by atoms with Crippen molar-refractivity contribution in [2.24, 2.45) is 0 Å². The fourth-order valence-electron chi connectivity index (χ4n) is 2.79. The molecule has 20 heavy (non-hydrogen) atoms. The van der Waals surface area contributed by atoms with Gasteiger partial charge in [-0.1, -0.05) is 37.3 Å². The summed E-state index contributed by atoms with van der Waals surface area (Å²) in [7, 11) is 0. The molecule has 0 saturated heterocycles. The topological polar surface area (TPSA) is 23.6 Å². The molecule has 0 atom stereocenters. The highest BCUT2D eigenvalue weighted by molar-refractivity contribution is 5.79. The maximum atomic E-state index is 12.6. The Morgan fingerprint density at radius 1 is 1.10 bits per heavy atom. The first kappa shape index (κ1) is 13.6. The molecular weight excluding hydrogens is 248 g/mol. The number of likely N-dealkylation sites (N-methyl/N-ethyl adjacent to an activating group) is 1. The van der Waals surface area contributed by atoms with E-state index in [0.29, 0.717) is 24.5 Å². The number of hydrogen-bond donors (Lipinski definition) is 0. The Kier molecular flexibility index (Phi) is 4.06. The summed E-state index contributed by atoms with van der Waals surface area (Å²) in [5.74, 6) is 0.310. The zero-order chi connectivity index (χ0) is 13.9. The summed E-state index contributed by atoms with van der Waals surface area (Å²) in [6.07, 6.45) is 4.88. The fraction of sp³-hybridized carbons (Fsp3) is 0.588. The summed E-state index contributed by atoms with van der Waals surface area (Å²) in [6.45, 7) is 4.52. The van der Waals surface area contributed by atoms with Crippen molar-refractivity contribution in [1.82, 2.24) is 9.80 Å². The maximum Gasteiger partial charge on any atom is 0.237 e. The monoisotopic (exact) mass is 272 g/mol. The zero-order valence-electron chi connectivity index (χ0n) is 12.3. The third-order valence-corrected chi connectivity index (χ3v) is 4.31. The van der Waals surface area contributed by atoms with Gasteiger partial charge in [-0.05, 0) is 37.8 Å². The molecule has 3 heteroatoms. The first-order valence-corrected chi connectivity index (χ1v) is 7.85. The van der Waals surface area contributed by atoms with E-state index < -0.39 is 0 Å². The largest absolute Gasteiger partial charge is 0.334 e. The van der Waals surface area contributed by atoms with Gasteiger partial charge in [0.1, 0.15) is 0 Å². The Bertz CT molecular complexity index is 451. The molecule has 3 nitrogen and oxygen atoms in total. The summed E-state index contributed by atoms with van der Waals surface area (Å²) in [6, 6.07) is 11.5. The summed E-state index contributed by atoms with van der Waals surface area (Å²) in [4.78, 5) is 17.0. The van der Waals surface area contributed by atoms with Gasteiger partial charge in [0.2, 0.25) is 5.91 Å². The van der Waals surface area contributed by atoms with Crippen LogP contribution in [0.3, 0.4) is 0 Å². The molecule has 1 aromatic rings. The first-order chi connectivity index (χ1) is 9.78. The van der Waals surface area contributed by atoms with Crippen LogP contribution < -0.4 is 0 Å². The van der Waals surface area contributed by atoms with E-state index in [-0.39, 0.29) is 0 Å². The molecule has 0 radical (unpaired) electrons. The third-order valence-electron chi connectivity index (χ3n) is 4.31. The second-order valence-corrected chi connectivity index (χ2v) is 6.03. The highest BCUT2D eigenvalue weighted by Crippen LogP contribution is 2.30. The van der Waals surface area contributed by atoms with Gasteiger partial charge in [-0.25, -0.2) is 0 Å². The first-order valence-electron chi connectivity index (χ1n) is 7.85. The molecule has 0 N–H and O–H groups in total. The van der Waals surface area contributed by atoms with E-state index in [0.717, 1.165) is 13.1 Å². The Balaban J connectivity index is 1.62. The highest BCUT2D eigenvalue weighted by atomic mass is 16.2. The molecule has 2 saturated carbocycles. The quantitative estimate of drug-likeness (QED) is 0.762. The summed E-state index contributed by atoms with van der Waals surface area (Å²) in [5.41, 5.74) is 1.24. The van der Waals surface area contributed by atoms with Crippen LogP contribution in [0.4, 0.5) is 0 Å². The number of amides is 1. The van der Waals surface area contributed by atoms with Crippen molar-refractivity contribution in [3.63, 3.8) is 0 Å². The van der Waals surface area contributed by atoms with E-state index in [4.69, 9.17) is 0 Å². The van der Waals surface area contributed by atoms with Crippen LogP contribution in [0.5, 0.6) is 0 Å². The van der Waals surface area contributed by atoms with Crippen molar-refractivity contribution in [1.29, 1.82) is 0 Å². The third kappa shape index (κ3) is 3.40. The molecule has 0 heterocycles. The van der Waals surface area contributed by atoms with Crippen LogP contribution in [0.15, 0.2) is 30.3 Å². The lowest BCUT2D eigenvalue weighted by molar-refractivity contribution is -0.133. The van der Waals surface area contributed by atoms with Crippen molar-refractivity contribution in [2.75, 3.05) is 13.1 Å². The molecule has 0 bridgehead atoms. The van der Waals surface area contributed by atoms with Gasteiger partial charge in [-0.2, -0.15) is 0 Å². The molecule has 0 aromatic heterocycles. The second kappa shape index (κ2) is 5.96. The summed E-state index contributed by atoms with van der Waals surface area (Å²) < 4.78 is 0. The van der Waals surface area contributed by atoms with Crippen LogP contribution in [0.1, 0.15) is 38.2 Å². The number of carbonyl (C=O) groups excluding carboxylic acids is 1. The van der Waals surface area contributed by atoms with E-state index in [1.165, 1.54) is 31.2 Å². The average molecular weight is 272 g/mol. The lowest BCUT2D eigenvalue weighted by atomic mass is 10.2. The summed E-state index contributed by atoms with van der Waals surface area (Å²) >= 11 is 0. The van der Waals surface area contributed by atoms with Gasteiger partial charge in [-0.15, -0.1) is 0 Å². The molecule has 3 rings (SSSR count). The highest BCUT2D eigenvalue weighted by Gasteiger charge is 2.35. The van der Waals surface area contributed by atoms with Crippen LogP contribution in [0, 0.1) is 0 Å². The van der Waals surface area contributed by atoms with Crippen LogP contribution in [-0.2, 0) is 11.3 Å². The number of rotatable bonds is 7. The molecule has 108 valence electrons. The predicted octanol–water partition coefficient (Wildman–Crippen LogP) is 2.66. The van der Waals surface area contributed by atoms with Crippen molar-refractivity contribution in [3.05, 3.63) is 35.9 Å². The Hall–Kier alpha value is -1.35. The molecule has 1 aromatic carbocycles. The van der Waals surface area contributed by atoms with Crippen LogP contribution in [-0.4, -0.2) is 40.9 Å². The van der Waals surface area contributed by atoms with E-state index >= 15 is 0 Å². The zero-order valence-corrected chi connectivity index (χ0v) is 12.3. The van der Waals surface area contributed by atoms with Gasteiger partial charge in [0.05, 0.1) is 6.54 Å². The maximum absolute atomic E-state index is 12.6. The van der Waals surface area contributed by atoms with Crippen LogP contribution >= 0.6 is 0 Å². The molecule has 0 aliphatic heterocycles. The number of nitrogens with zero attached hydrogens (tertiary/aromatic N) is 2. The van der Waals surface area contributed by atoms with Crippen LogP contribution in [0.2, 0.25) is 0 Å². The van der Waals surface area contributed by atoms with E-state index in [1.807, 2.05) is 18.2 Å². The minimum Gasteiger partial charge on any atom is -0.334 e. The fourth-order valence-corrected chi connectivity index (χ4v) is 2.79. The molecule has 2 aliphatic carbocycles. The number of benzene rings is 1. The SMILES string of the molecule is CCN(CC(=O)N(Cc1ccccc1)C1CC1)C1CC1. The van der Waals surface area contributed by atoms with Crippen molar-refractivity contribution < 1.29 is 4.79 Å². The molecule has 0 spiro atoms. The van der Waals surface area contributed by atoms with Gasteiger partial charge in [0.25, 0.3) is 0 Å². The lowest BCUT2D eigenvalue weighted by Crippen LogP contribution is -2.42. The van der Waals surface area contributed by atoms with E-state index in [1.54, 1.807) is 0 Å².